The number of hydrogen-bond acceptors (Lipinski definition) is 9. The summed E-state index contributed by atoms with van der Waals surface area (Å²) in [4.78, 5) is 49.1. The van der Waals surface area contributed by atoms with Crippen molar-refractivity contribution in [1.82, 2.24) is 0 Å². The third-order valence-electron chi connectivity index (χ3n) is 5.03. The van der Waals surface area contributed by atoms with Gasteiger partial charge in [0.25, 0.3) is 17.5 Å². The van der Waals surface area contributed by atoms with Gasteiger partial charge in [0.1, 0.15) is 21.5 Å². The molecule has 0 spiro atoms. The van der Waals surface area contributed by atoms with Crippen molar-refractivity contribution in [2.75, 3.05) is 32.0 Å². The Bertz CT molecular complexity index is 1370. The van der Waals surface area contributed by atoms with E-state index in [1.165, 1.54) is 33.3 Å². The number of rotatable bonds is 8. The van der Waals surface area contributed by atoms with Crippen LogP contribution in [0.4, 0.5) is 16.4 Å². The minimum atomic E-state index is -0.779. The number of halogens is 1. The Morgan fingerprint density at radius 2 is 1.72 bits per heavy atom. The van der Waals surface area contributed by atoms with Crippen molar-refractivity contribution in [3.63, 3.8) is 0 Å². The molecule has 2 aromatic carbocycles. The van der Waals surface area contributed by atoms with Gasteiger partial charge in [0.2, 0.25) is 0 Å². The first-order valence-corrected chi connectivity index (χ1v) is 11.3. The van der Waals surface area contributed by atoms with E-state index in [-0.39, 0.29) is 31.6 Å². The summed E-state index contributed by atoms with van der Waals surface area (Å²) in [7, 11) is 4.08. The monoisotopic (exact) mass is 533 g/mol. The van der Waals surface area contributed by atoms with Crippen LogP contribution in [0.5, 0.6) is 11.5 Å². The summed E-state index contributed by atoms with van der Waals surface area (Å²) in [6, 6.07) is 8.37. The summed E-state index contributed by atoms with van der Waals surface area (Å²) in [5.41, 5.74) is 0.0475. The van der Waals surface area contributed by atoms with E-state index in [1.54, 1.807) is 18.2 Å². The number of nitrogens with zero attached hydrogens (tertiary/aromatic N) is 1. The number of carbonyl (C=O) groups excluding carboxylic acids is 3. The lowest BCUT2D eigenvalue weighted by Gasteiger charge is -2.11. The maximum absolute atomic E-state index is 13.1. The van der Waals surface area contributed by atoms with E-state index in [1.807, 2.05) is 0 Å². The summed E-state index contributed by atoms with van der Waals surface area (Å²) in [6.07, 6.45) is 0. The van der Waals surface area contributed by atoms with E-state index in [0.717, 1.165) is 24.5 Å². The predicted octanol–water partition coefficient (Wildman–Crippen LogP) is 4.93. The van der Waals surface area contributed by atoms with Crippen molar-refractivity contribution >= 4 is 57.1 Å². The fraction of sp³-hybridized carbons (Fsp3) is 0.174. The average Bonchev–Trinajstić information content (AvgIpc) is 3.18. The fourth-order valence-corrected chi connectivity index (χ4v) is 4.50. The quantitative estimate of drug-likeness (QED) is 0.235. The Labute approximate surface area is 214 Å². The van der Waals surface area contributed by atoms with Crippen LogP contribution >= 0.6 is 22.9 Å². The van der Waals surface area contributed by atoms with Crippen molar-refractivity contribution in [2.45, 2.75) is 6.92 Å². The lowest BCUT2D eigenvalue weighted by atomic mass is 10.1. The molecule has 2 amide bonds. The molecule has 0 radical (unpaired) electrons. The number of thiophene rings is 1. The lowest BCUT2D eigenvalue weighted by molar-refractivity contribution is -0.384. The number of anilines is 2. The Morgan fingerprint density at radius 1 is 1.00 bits per heavy atom. The molecule has 11 nitrogen and oxygen atoms in total. The molecular formula is C23H20ClN3O8S. The summed E-state index contributed by atoms with van der Waals surface area (Å²) < 4.78 is 15.3. The number of nitro groups is 1. The number of benzene rings is 2. The molecule has 0 aliphatic carbocycles. The first-order chi connectivity index (χ1) is 17.1. The molecular weight excluding hydrogens is 514 g/mol. The zero-order chi connectivity index (χ0) is 26.6. The Hall–Kier alpha value is -4.16. The Kier molecular flexibility index (Phi) is 8.12. The zero-order valence-electron chi connectivity index (χ0n) is 19.5. The highest BCUT2D eigenvalue weighted by Gasteiger charge is 2.27. The molecule has 0 unspecified atom stereocenters. The molecule has 188 valence electrons. The summed E-state index contributed by atoms with van der Waals surface area (Å²) in [5.74, 6) is -1.24. The van der Waals surface area contributed by atoms with Gasteiger partial charge in [-0.25, -0.2) is 4.79 Å². The van der Waals surface area contributed by atoms with E-state index >= 15 is 0 Å². The normalized spacial score (nSPS) is 10.4. The zero-order valence-corrected chi connectivity index (χ0v) is 21.0. The first kappa shape index (κ1) is 26.4. The maximum Gasteiger partial charge on any atom is 0.341 e. The SMILES string of the molecule is COC(=O)c1c(NC(=O)c2ccc(Cl)c([N+](=O)[O-])c2)sc(C(=O)Nc2cc(OC)ccc2OC)c1C. The largest absolute Gasteiger partial charge is 0.497 e. The summed E-state index contributed by atoms with van der Waals surface area (Å²) in [6.45, 7) is 1.53. The molecule has 0 bridgehead atoms. The molecule has 36 heavy (non-hydrogen) atoms. The fourth-order valence-electron chi connectivity index (χ4n) is 3.23. The second-order valence-electron chi connectivity index (χ2n) is 7.15. The molecule has 0 aliphatic heterocycles. The van der Waals surface area contributed by atoms with Gasteiger partial charge in [-0.2, -0.15) is 0 Å². The van der Waals surface area contributed by atoms with Crippen molar-refractivity contribution in [3.8, 4) is 11.5 Å². The van der Waals surface area contributed by atoms with Gasteiger partial charge in [-0.1, -0.05) is 11.6 Å². The highest BCUT2D eigenvalue weighted by Crippen LogP contribution is 2.36. The van der Waals surface area contributed by atoms with Gasteiger partial charge >= 0.3 is 5.97 Å². The minimum absolute atomic E-state index is 0.0259. The van der Waals surface area contributed by atoms with Gasteiger partial charge in [0.15, 0.2) is 0 Å². The summed E-state index contributed by atoms with van der Waals surface area (Å²) in [5, 5.41) is 16.3. The van der Waals surface area contributed by atoms with Gasteiger partial charge in [-0.05, 0) is 36.8 Å². The lowest BCUT2D eigenvalue weighted by Crippen LogP contribution is -2.15. The molecule has 0 atom stereocenters. The number of methoxy groups -OCH3 is 3. The number of nitro benzene ring substituents is 1. The molecule has 13 heteroatoms. The van der Waals surface area contributed by atoms with Crippen molar-refractivity contribution in [3.05, 3.63) is 73.1 Å². The second-order valence-corrected chi connectivity index (χ2v) is 8.58. The molecule has 3 rings (SSSR count). The van der Waals surface area contributed by atoms with Crippen LogP contribution in [0.15, 0.2) is 36.4 Å². The molecule has 0 aliphatic rings. The van der Waals surface area contributed by atoms with Crippen molar-refractivity contribution in [1.29, 1.82) is 0 Å². The van der Waals surface area contributed by atoms with Gasteiger partial charge in [-0.15, -0.1) is 11.3 Å². The third kappa shape index (κ3) is 5.39. The first-order valence-electron chi connectivity index (χ1n) is 10.1. The maximum atomic E-state index is 13.1. The van der Waals surface area contributed by atoms with E-state index in [4.69, 9.17) is 25.8 Å². The number of esters is 1. The minimum Gasteiger partial charge on any atom is -0.497 e. The molecule has 2 N–H and O–H groups in total. The predicted molar refractivity (Wildman–Crippen MR) is 134 cm³/mol. The molecule has 0 saturated heterocycles. The van der Waals surface area contributed by atoms with Crippen LogP contribution in [0, 0.1) is 17.0 Å². The van der Waals surface area contributed by atoms with Crippen molar-refractivity contribution < 1.29 is 33.5 Å². The summed E-state index contributed by atoms with van der Waals surface area (Å²) >= 11 is 6.65. The van der Waals surface area contributed by atoms with Gasteiger partial charge in [0, 0.05) is 17.7 Å². The molecule has 1 heterocycles. The highest BCUT2D eigenvalue weighted by molar-refractivity contribution is 7.19. The van der Waals surface area contributed by atoms with Crippen molar-refractivity contribution in [2.24, 2.45) is 0 Å². The van der Waals surface area contributed by atoms with E-state index in [9.17, 15) is 24.5 Å². The van der Waals surface area contributed by atoms with E-state index in [0.29, 0.717) is 17.2 Å². The third-order valence-corrected chi connectivity index (χ3v) is 6.56. The number of carbonyl (C=O) groups is 3. The Balaban J connectivity index is 1.98. The number of amides is 2. The van der Waals surface area contributed by atoms with Crippen LogP contribution in [0.1, 0.15) is 36.0 Å². The van der Waals surface area contributed by atoms with Crippen LogP contribution in [-0.4, -0.2) is 44.0 Å². The van der Waals surface area contributed by atoms with E-state index < -0.39 is 28.4 Å². The number of nitrogens with one attached hydrogen (secondary N) is 2. The van der Waals surface area contributed by atoms with Crippen LogP contribution < -0.4 is 20.1 Å². The van der Waals surface area contributed by atoms with Crippen LogP contribution in [-0.2, 0) is 4.74 Å². The standard InChI is InChI=1S/C23H20ClN3O8S/c1-11-18(23(30)35-4)22(26-20(28)12-5-7-14(24)16(9-12)27(31)32)36-19(11)21(29)25-15-10-13(33-2)6-8-17(15)34-3/h5-10H,1-4H3,(H,25,29)(H,26,28). The van der Waals surface area contributed by atoms with Gasteiger partial charge in [-0.3, -0.25) is 19.7 Å². The van der Waals surface area contributed by atoms with Crippen LogP contribution in [0.25, 0.3) is 0 Å². The topological polar surface area (TPSA) is 146 Å². The smallest absolute Gasteiger partial charge is 0.341 e. The molecule has 1 aromatic heterocycles. The second kappa shape index (κ2) is 11.1. The molecule has 3 aromatic rings. The number of ether oxygens (including phenoxy) is 3. The van der Waals surface area contributed by atoms with Crippen LogP contribution in [0.2, 0.25) is 5.02 Å². The average molecular weight is 534 g/mol. The van der Waals surface area contributed by atoms with E-state index in [2.05, 4.69) is 10.6 Å². The van der Waals surface area contributed by atoms with Gasteiger partial charge < -0.3 is 24.8 Å². The Morgan fingerprint density at radius 3 is 2.33 bits per heavy atom. The highest BCUT2D eigenvalue weighted by atomic mass is 35.5. The number of hydrogen-bond donors (Lipinski definition) is 2. The molecule has 0 saturated carbocycles. The van der Waals surface area contributed by atoms with Gasteiger partial charge in [0.05, 0.1) is 42.4 Å². The molecule has 0 fully saturated rings. The van der Waals surface area contributed by atoms with Crippen LogP contribution in [0.3, 0.4) is 0 Å².